The van der Waals surface area contributed by atoms with E-state index in [0.717, 1.165) is 23.2 Å². The van der Waals surface area contributed by atoms with Gasteiger partial charge in [-0.15, -0.1) is 0 Å². The number of anilines is 1. The van der Waals surface area contributed by atoms with Crippen LogP contribution in [0.25, 0.3) is 11.0 Å². The highest BCUT2D eigenvalue weighted by atomic mass is 32.2. The number of benzene rings is 1. The van der Waals surface area contributed by atoms with Gasteiger partial charge in [0.15, 0.2) is 10.7 Å². The Morgan fingerprint density at radius 1 is 1.21 bits per heavy atom. The molecule has 0 spiro atoms. The minimum atomic E-state index is -0.166. The Labute approximate surface area is 168 Å². The van der Waals surface area contributed by atoms with Crippen molar-refractivity contribution < 1.29 is 4.79 Å². The predicted octanol–water partition coefficient (Wildman–Crippen LogP) is 3.20. The summed E-state index contributed by atoms with van der Waals surface area (Å²) in [6.07, 6.45) is 2.51. The van der Waals surface area contributed by atoms with Crippen molar-refractivity contribution in [1.29, 1.82) is 0 Å². The Balaban J connectivity index is 1.82. The first-order chi connectivity index (χ1) is 13.3. The zero-order chi connectivity index (χ0) is 20.4. The zero-order valence-corrected chi connectivity index (χ0v) is 17.7. The van der Waals surface area contributed by atoms with Gasteiger partial charge in [-0.2, -0.15) is 5.10 Å². The number of nitrogens with zero attached hydrogens (tertiary/aromatic N) is 4. The summed E-state index contributed by atoms with van der Waals surface area (Å²) < 4.78 is 3.19. The van der Waals surface area contributed by atoms with Gasteiger partial charge in [-0.3, -0.25) is 18.8 Å². The molecule has 0 aliphatic rings. The molecule has 0 aliphatic carbocycles. The van der Waals surface area contributed by atoms with E-state index < -0.39 is 0 Å². The Kier molecular flexibility index (Phi) is 5.88. The first-order valence-corrected chi connectivity index (χ1v) is 10.2. The third kappa shape index (κ3) is 4.11. The SMILES string of the molecule is CCCn1c(SCC(=O)Nc2c(C)cc(C)cc2C)nc2cn(C)nc2c1=O. The quantitative estimate of drug-likeness (QED) is 0.508. The Hall–Kier alpha value is -2.61. The van der Waals surface area contributed by atoms with Crippen molar-refractivity contribution in [3.63, 3.8) is 0 Å². The molecule has 1 amide bonds. The number of nitrogens with one attached hydrogen (secondary N) is 1. The second kappa shape index (κ2) is 8.18. The van der Waals surface area contributed by atoms with Crippen LogP contribution in [-0.2, 0) is 18.4 Å². The van der Waals surface area contributed by atoms with Crippen LogP contribution < -0.4 is 10.9 Å². The van der Waals surface area contributed by atoms with Gasteiger partial charge in [0.2, 0.25) is 5.91 Å². The Morgan fingerprint density at radius 3 is 2.54 bits per heavy atom. The maximum absolute atomic E-state index is 12.7. The van der Waals surface area contributed by atoms with Crippen molar-refractivity contribution in [3.8, 4) is 0 Å². The number of carbonyl (C=O) groups excluding carboxylic acids is 1. The molecule has 2 heterocycles. The fourth-order valence-electron chi connectivity index (χ4n) is 3.30. The monoisotopic (exact) mass is 399 g/mol. The highest BCUT2D eigenvalue weighted by molar-refractivity contribution is 7.99. The molecular weight excluding hydrogens is 374 g/mol. The van der Waals surface area contributed by atoms with Gasteiger partial charge in [-0.1, -0.05) is 36.4 Å². The summed E-state index contributed by atoms with van der Waals surface area (Å²) in [5.74, 6) is 0.0536. The second-order valence-corrected chi connectivity index (χ2v) is 7.94. The van der Waals surface area contributed by atoms with Gasteiger partial charge in [0.1, 0.15) is 5.52 Å². The molecule has 0 bridgehead atoms. The van der Waals surface area contributed by atoms with Crippen LogP contribution in [0.1, 0.15) is 30.0 Å². The van der Waals surface area contributed by atoms with E-state index in [2.05, 4.69) is 15.4 Å². The lowest BCUT2D eigenvalue weighted by Gasteiger charge is -2.13. The fraction of sp³-hybridized carbons (Fsp3) is 0.400. The van der Waals surface area contributed by atoms with Gasteiger partial charge in [0, 0.05) is 19.3 Å². The fourth-order valence-corrected chi connectivity index (χ4v) is 4.13. The third-order valence-electron chi connectivity index (χ3n) is 4.43. The molecule has 0 unspecified atom stereocenters. The van der Waals surface area contributed by atoms with Crippen LogP contribution in [0.2, 0.25) is 0 Å². The molecule has 2 aromatic heterocycles. The topological polar surface area (TPSA) is 81.8 Å². The molecule has 0 saturated heterocycles. The number of aromatic nitrogens is 4. The molecule has 0 aliphatic heterocycles. The lowest BCUT2D eigenvalue weighted by molar-refractivity contribution is -0.113. The highest BCUT2D eigenvalue weighted by Gasteiger charge is 2.16. The van der Waals surface area contributed by atoms with Crippen molar-refractivity contribution in [2.24, 2.45) is 7.05 Å². The minimum absolute atomic E-state index is 0.122. The standard InChI is InChI=1S/C20H25N5O2S/c1-6-7-25-19(27)18-15(10-24(5)23-18)21-20(25)28-11-16(26)22-17-13(3)8-12(2)9-14(17)4/h8-10H,6-7,11H2,1-5H3,(H,22,26). The molecule has 0 fully saturated rings. The van der Waals surface area contributed by atoms with Gasteiger partial charge in [0.05, 0.1) is 11.9 Å². The number of amides is 1. The van der Waals surface area contributed by atoms with Crippen molar-refractivity contribution in [1.82, 2.24) is 19.3 Å². The first kappa shape index (κ1) is 20.1. The third-order valence-corrected chi connectivity index (χ3v) is 5.40. The average molecular weight is 400 g/mol. The molecule has 0 saturated carbocycles. The molecule has 148 valence electrons. The maximum atomic E-state index is 12.7. The number of carbonyl (C=O) groups is 1. The molecule has 3 aromatic rings. The summed E-state index contributed by atoms with van der Waals surface area (Å²) in [5, 5.41) is 7.74. The van der Waals surface area contributed by atoms with E-state index in [4.69, 9.17) is 0 Å². The van der Waals surface area contributed by atoms with Crippen LogP contribution in [0.5, 0.6) is 0 Å². The normalized spacial score (nSPS) is 11.2. The number of fused-ring (bicyclic) bond motifs is 1. The molecule has 1 aromatic carbocycles. The zero-order valence-electron chi connectivity index (χ0n) is 16.9. The molecule has 0 atom stereocenters. The van der Waals surface area contributed by atoms with Gasteiger partial charge in [-0.05, 0) is 38.3 Å². The lowest BCUT2D eigenvalue weighted by Crippen LogP contribution is -2.24. The van der Waals surface area contributed by atoms with E-state index in [0.29, 0.717) is 22.7 Å². The van der Waals surface area contributed by atoms with Crippen LogP contribution in [0.4, 0.5) is 5.69 Å². The van der Waals surface area contributed by atoms with Crippen molar-refractivity contribution >= 4 is 34.4 Å². The van der Waals surface area contributed by atoms with E-state index in [1.165, 1.54) is 17.3 Å². The van der Waals surface area contributed by atoms with Crippen molar-refractivity contribution in [2.45, 2.75) is 45.8 Å². The first-order valence-electron chi connectivity index (χ1n) is 9.24. The minimum Gasteiger partial charge on any atom is -0.325 e. The number of rotatable bonds is 6. The van der Waals surface area contributed by atoms with Crippen LogP contribution in [-0.4, -0.2) is 31.0 Å². The number of aryl methyl sites for hydroxylation is 4. The number of hydrogen-bond acceptors (Lipinski definition) is 5. The predicted molar refractivity (Wildman–Crippen MR) is 113 cm³/mol. The van der Waals surface area contributed by atoms with Gasteiger partial charge in [0.25, 0.3) is 5.56 Å². The summed E-state index contributed by atoms with van der Waals surface area (Å²) in [5.41, 5.74) is 4.82. The van der Waals surface area contributed by atoms with Crippen LogP contribution >= 0.6 is 11.8 Å². The summed E-state index contributed by atoms with van der Waals surface area (Å²) >= 11 is 1.27. The van der Waals surface area contributed by atoms with Crippen molar-refractivity contribution in [3.05, 3.63) is 45.4 Å². The van der Waals surface area contributed by atoms with E-state index >= 15 is 0 Å². The second-order valence-electron chi connectivity index (χ2n) is 7.00. The van der Waals surface area contributed by atoms with Gasteiger partial charge >= 0.3 is 0 Å². The molecule has 1 N–H and O–H groups in total. The maximum Gasteiger partial charge on any atom is 0.282 e. The summed E-state index contributed by atoms with van der Waals surface area (Å²) in [7, 11) is 1.76. The average Bonchev–Trinajstić information content (AvgIpc) is 2.99. The molecule has 8 heteroatoms. The Morgan fingerprint density at radius 2 is 1.89 bits per heavy atom. The van der Waals surface area contributed by atoms with Gasteiger partial charge < -0.3 is 5.32 Å². The Bertz CT molecular complexity index is 1080. The summed E-state index contributed by atoms with van der Waals surface area (Å²) in [6, 6.07) is 4.10. The smallest absolute Gasteiger partial charge is 0.282 e. The van der Waals surface area contributed by atoms with Gasteiger partial charge in [-0.25, -0.2) is 4.98 Å². The van der Waals surface area contributed by atoms with Crippen LogP contribution in [0.15, 0.2) is 28.3 Å². The summed E-state index contributed by atoms with van der Waals surface area (Å²) in [4.78, 5) is 29.8. The van der Waals surface area contributed by atoms with E-state index in [9.17, 15) is 9.59 Å². The molecular formula is C20H25N5O2S. The van der Waals surface area contributed by atoms with Crippen LogP contribution in [0.3, 0.4) is 0 Å². The number of hydrogen-bond donors (Lipinski definition) is 1. The molecule has 7 nitrogen and oxygen atoms in total. The van der Waals surface area contributed by atoms with Crippen molar-refractivity contribution in [2.75, 3.05) is 11.1 Å². The van der Waals surface area contributed by atoms with E-state index in [1.54, 1.807) is 22.5 Å². The van der Waals surface area contributed by atoms with E-state index in [1.807, 2.05) is 39.8 Å². The molecule has 3 rings (SSSR count). The van der Waals surface area contributed by atoms with E-state index in [-0.39, 0.29) is 17.2 Å². The molecule has 0 radical (unpaired) electrons. The summed E-state index contributed by atoms with van der Waals surface area (Å²) in [6.45, 7) is 8.55. The molecule has 28 heavy (non-hydrogen) atoms. The highest BCUT2D eigenvalue weighted by Crippen LogP contribution is 2.23. The lowest BCUT2D eigenvalue weighted by atomic mass is 10.1. The largest absolute Gasteiger partial charge is 0.325 e. The number of thioether (sulfide) groups is 1. The van der Waals surface area contributed by atoms with Crippen LogP contribution in [0, 0.1) is 20.8 Å².